The van der Waals surface area contributed by atoms with Crippen LogP contribution in [0.5, 0.6) is 0 Å². The number of benzene rings is 2. The van der Waals surface area contributed by atoms with Gasteiger partial charge in [0.05, 0.1) is 11.0 Å². The van der Waals surface area contributed by atoms with Crippen molar-refractivity contribution in [1.29, 1.82) is 0 Å². The van der Waals surface area contributed by atoms with E-state index >= 15 is 0 Å². The number of aromatic nitrogens is 1. The molecule has 8 heteroatoms. The highest BCUT2D eigenvalue weighted by Gasteiger charge is 2.45. The number of nitrogens with one attached hydrogen (secondary N) is 2. The second kappa shape index (κ2) is 8.43. The molecule has 5 nitrogen and oxygen atoms in total. The zero-order chi connectivity index (χ0) is 22.0. The van der Waals surface area contributed by atoms with E-state index in [9.17, 15) is 18.4 Å². The number of carbonyl (C=O) groups is 2. The van der Waals surface area contributed by atoms with Crippen LogP contribution in [0, 0.1) is 11.6 Å². The zero-order valence-corrected chi connectivity index (χ0v) is 17.0. The van der Waals surface area contributed by atoms with Crippen LogP contribution < -0.4 is 10.6 Å². The molecular formula is C23H18ClF2N3O2. The third-order valence-corrected chi connectivity index (χ3v) is 5.71. The average molecular weight is 442 g/mol. The second-order valence-electron chi connectivity index (χ2n) is 7.41. The van der Waals surface area contributed by atoms with Gasteiger partial charge in [0.25, 0.3) is 5.91 Å². The van der Waals surface area contributed by atoms with Gasteiger partial charge in [0, 0.05) is 16.9 Å². The van der Waals surface area contributed by atoms with E-state index in [1.54, 1.807) is 12.1 Å². The Morgan fingerprint density at radius 2 is 1.71 bits per heavy atom. The SMILES string of the molecule is O=C(Nc1ccc(C2(C(=O)Nc3ccc(F)cc3)CCC2)cn1)c1cc(Cl)ccc1F. The van der Waals surface area contributed by atoms with Crippen LogP contribution in [0.1, 0.15) is 35.2 Å². The van der Waals surface area contributed by atoms with Gasteiger partial charge in [-0.3, -0.25) is 9.59 Å². The fourth-order valence-electron chi connectivity index (χ4n) is 3.57. The predicted molar refractivity (Wildman–Crippen MR) is 114 cm³/mol. The average Bonchev–Trinajstić information content (AvgIpc) is 2.72. The maximum atomic E-state index is 13.9. The summed E-state index contributed by atoms with van der Waals surface area (Å²) in [5.41, 5.74) is 0.305. The lowest BCUT2D eigenvalue weighted by Crippen LogP contribution is -2.46. The zero-order valence-electron chi connectivity index (χ0n) is 16.3. The van der Waals surface area contributed by atoms with Gasteiger partial charge in [-0.2, -0.15) is 0 Å². The van der Waals surface area contributed by atoms with Crippen molar-refractivity contribution in [2.24, 2.45) is 0 Å². The van der Waals surface area contributed by atoms with E-state index in [-0.39, 0.29) is 28.1 Å². The number of carbonyl (C=O) groups excluding carboxylic acids is 2. The summed E-state index contributed by atoms with van der Waals surface area (Å²) in [4.78, 5) is 29.5. The molecule has 1 aliphatic carbocycles. The van der Waals surface area contributed by atoms with Gasteiger partial charge in [-0.25, -0.2) is 13.8 Å². The first-order valence-electron chi connectivity index (χ1n) is 9.67. The third-order valence-electron chi connectivity index (χ3n) is 5.47. The van der Waals surface area contributed by atoms with Crippen molar-refractivity contribution in [3.63, 3.8) is 0 Å². The van der Waals surface area contributed by atoms with Crippen LogP contribution in [0.25, 0.3) is 0 Å². The molecule has 2 aromatic carbocycles. The summed E-state index contributed by atoms with van der Waals surface area (Å²) in [5, 5.41) is 5.61. The summed E-state index contributed by atoms with van der Waals surface area (Å²) in [6, 6.07) is 12.6. The summed E-state index contributed by atoms with van der Waals surface area (Å²) in [5.74, 6) is -1.71. The fraction of sp³-hybridized carbons (Fsp3) is 0.174. The lowest BCUT2D eigenvalue weighted by Gasteiger charge is -2.40. The molecule has 0 aliphatic heterocycles. The summed E-state index contributed by atoms with van der Waals surface area (Å²) >= 11 is 5.83. The maximum absolute atomic E-state index is 13.9. The Bertz CT molecular complexity index is 1130. The number of anilines is 2. The predicted octanol–water partition coefficient (Wildman–Crippen LogP) is 5.33. The van der Waals surface area contributed by atoms with Crippen LogP contribution in [0.3, 0.4) is 0 Å². The number of halogens is 3. The first kappa shape index (κ1) is 20.9. The number of hydrogen-bond acceptors (Lipinski definition) is 3. The molecular weight excluding hydrogens is 424 g/mol. The molecule has 1 fully saturated rings. The van der Waals surface area contributed by atoms with Gasteiger partial charge in [-0.1, -0.05) is 24.1 Å². The van der Waals surface area contributed by atoms with Crippen LogP contribution in [-0.2, 0) is 10.2 Å². The molecule has 0 radical (unpaired) electrons. The summed E-state index contributed by atoms with van der Waals surface area (Å²) in [7, 11) is 0. The minimum Gasteiger partial charge on any atom is -0.325 e. The van der Waals surface area contributed by atoms with E-state index < -0.39 is 17.1 Å². The van der Waals surface area contributed by atoms with Crippen molar-refractivity contribution in [2.75, 3.05) is 10.6 Å². The molecule has 2 amide bonds. The van der Waals surface area contributed by atoms with Crippen LogP contribution in [0.4, 0.5) is 20.3 Å². The highest BCUT2D eigenvalue weighted by atomic mass is 35.5. The van der Waals surface area contributed by atoms with Crippen molar-refractivity contribution in [2.45, 2.75) is 24.7 Å². The molecule has 0 spiro atoms. The Balaban J connectivity index is 1.49. The topological polar surface area (TPSA) is 71.1 Å². The molecule has 1 saturated carbocycles. The van der Waals surface area contributed by atoms with Crippen molar-refractivity contribution >= 4 is 34.9 Å². The minimum atomic E-state index is -0.733. The van der Waals surface area contributed by atoms with Crippen LogP contribution in [0.2, 0.25) is 5.02 Å². The van der Waals surface area contributed by atoms with Crippen molar-refractivity contribution < 1.29 is 18.4 Å². The van der Waals surface area contributed by atoms with Crippen LogP contribution in [-0.4, -0.2) is 16.8 Å². The molecule has 4 rings (SSSR count). The second-order valence-corrected chi connectivity index (χ2v) is 7.84. The van der Waals surface area contributed by atoms with E-state index in [4.69, 9.17) is 11.6 Å². The molecule has 158 valence electrons. The van der Waals surface area contributed by atoms with Gasteiger partial charge in [0.1, 0.15) is 17.5 Å². The number of amides is 2. The van der Waals surface area contributed by atoms with Gasteiger partial charge in [0.2, 0.25) is 5.91 Å². The highest BCUT2D eigenvalue weighted by molar-refractivity contribution is 6.31. The molecule has 3 aromatic rings. The van der Waals surface area contributed by atoms with Gasteiger partial charge in [0.15, 0.2) is 0 Å². The lowest BCUT2D eigenvalue weighted by molar-refractivity contribution is -0.124. The summed E-state index contributed by atoms with van der Waals surface area (Å²) in [6.45, 7) is 0. The maximum Gasteiger partial charge on any atom is 0.259 e. The molecule has 0 atom stereocenters. The first-order valence-corrected chi connectivity index (χ1v) is 10.1. The summed E-state index contributed by atoms with van der Waals surface area (Å²) in [6.07, 6.45) is 3.74. The molecule has 1 heterocycles. The van der Waals surface area contributed by atoms with Gasteiger partial charge < -0.3 is 10.6 Å². The number of pyridine rings is 1. The molecule has 0 bridgehead atoms. The molecule has 0 unspecified atom stereocenters. The van der Waals surface area contributed by atoms with Crippen molar-refractivity contribution in [3.8, 4) is 0 Å². The Hall–Kier alpha value is -3.32. The van der Waals surface area contributed by atoms with Crippen molar-refractivity contribution in [3.05, 3.63) is 88.6 Å². The molecule has 1 aliphatic rings. The molecule has 31 heavy (non-hydrogen) atoms. The van der Waals surface area contributed by atoms with E-state index in [2.05, 4.69) is 15.6 Å². The van der Waals surface area contributed by atoms with Crippen LogP contribution >= 0.6 is 11.6 Å². The van der Waals surface area contributed by atoms with Gasteiger partial charge in [-0.15, -0.1) is 0 Å². The normalized spacial score (nSPS) is 14.4. The van der Waals surface area contributed by atoms with Crippen molar-refractivity contribution in [1.82, 2.24) is 4.98 Å². The number of nitrogens with zero attached hydrogens (tertiary/aromatic N) is 1. The van der Waals surface area contributed by atoms with E-state index in [0.717, 1.165) is 12.5 Å². The lowest BCUT2D eigenvalue weighted by atomic mass is 9.64. The van der Waals surface area contributed by atoms with Gasteiger partial charge >= 0.3 is 0 Å². The Labute approximate surface area is 182 Å². The smallest absolute Gasteiger partial charge is 0.259 e. The van der Waals surface area contributed by atoms with Crippen LogP contribution in [0.15, 0.2) is 60.8 Å². The van der Waals surface area contributed by atoms with Gasteiger partial charge in [-0.05, 0) is 66.9 Å². The number of rotatable bonds is 5. The first-order chi connectivity index (χ1) is 14.9. The summed E-state index contributed by atoms with van der Waals surface area (Å²) < 4.78 is 27.0. The molecule has 0 saturated heterocycles. The Kier molecular flexibility index (Phi) is 5.69. The van der Waals surface area contributed by atoms with E-state index in [1.807, 2.05) is 0 Å². The Morgan fingerprint density at radius 3 is 2.32 bits per heavy atom. The minimum absolute atomic E-state index is 0.187. The molecule has 1 aromatic heterocycles. The Morgan fingerprint density at radius 1 is 0.968 bits per heavy atom. The number of hydrogen-bond donors (Lipinski definition) is 2. The highest BCUT2D eigenvalue weighted by Crippen LogP contribution is 2.44. The van der Waals surface area contributed by atoms with E-state index in [1.165, 1.54) is 42.6 Å². The van der Waals surface area contributed by atoms with E-state index in [0.29, 0.717) is 24.1 Å². The monoisotopic (exact) mass is 441 g/mol. The third kappa shape index (κ3) is 4.27. The largest absolute Gasteiger partial charge is 0.325 e. The standard InChI is InChI=1S/C23H18ClF2N3O2/c24-15-3-8-19(26)18(12-15)21(30)29-20-9-2-14(13-27-20)23(10-1-11-23)22(31)28-17-6-4-16(25)5-7-17/h2-9,12-13H,1,10-11H2,(H,28,31)(H,27,29,30). The quantitative estimate of drug-likeness (QED) is 0.562. The fourth-order valence-corrected chi connectivity index (χ4v) is 3.74. The molecule has 2 N–H and O–H groups in total.